The molecule has 2 heterocycles. The predicted octanol–water partition coefficient (Wildman–Crippen LogP) is 0.309. The van der Waals surface area contributed by atoms with Crippen LogP contribution in [0, 0.1) is 0 Å². The second-order valence-corrected chi connectivity index (χ2v) is 3.25. The summed E-state index contributed by atoms with van der Waals surface area (Å²) in [6.07, 6.45) is 3.82. The Hall–Kier alpha value is -1.52. The molecular weight excluding hydrogens is 186 g/mol. The molecular formula is C9H11NO4. The molecule has 2 atom stereocenters. The zero-order chi connectivity index (χ0) is 10.1. The van der Waals surface area contributed by atoms with E-state index < -0.39 is 18.1 Å². The first-order chi connectivity index (χ1) is 6.74. The number of esters is 1. The zero-order valence-electron chi connectivity index (χ0n) is 7.80. The molecule has 1 saturated heterocycles. The third-order valence-electron chi connectivity index (χ3n) is 2.47. The van der Waals surface area contributed by atoms with E-state index in [1.54, 1.807) is 0 Å². The minimum Gasteiger partial charge on any atom is -0.467 e. The number of hydrogen-bond acceptors (Lipinski definition) is 4. The molecule has 1 fully saturated rings. The number of amides is 1. The van der Waals surface area contributed by atoms with Crippen LogP contribution in [0.15, 0.2) is 12.2 Å². The van der Waals surface area contributed by atoms with Gasteiger partial charge in [-0.1, -0.05) is 12.2 Å². The lowest BCUT2D eigenvalue weighted by Gasteiger charge is -2.29. The summed E-state index contributed by atoms with van der Waals surface area (Å²) in [6.45, 7) is 0.322. The minimum absolute atomic E-state index is 0.111. The van der Waals surface area contributed by atoms with Gasteiger partial charge in [-0.3, -0.25) is 4.90 Å². The van der Waals surface area contributed by atoms with Gasteiger partial charge < -0.3 is 9.47 Å². The number of carbonyl (C=O) groups is 2. The number of fused-ring (bicyclic) bond motifs is 1. The van der Waals surface area contributed by atoms with Gasteiger partial charge in [-0.05, 0) is 6.42 Å². The lowest BCUT2D eigenvalue weighted by molar-refractivity contribution is -0.146. The number of carbonyl (C=O) groups excluding carboxylic acids is 2. The Labute approximate surface area is 81.3 Å². The highest BCUT2D eigenvalue weighted by molar-refractivity contribution is 5.83. The normalized spacial score (nSPS) is 29.8. The minimum atomic E-state index is -0.523. The molecule has 0 aromatic rings. The Kier molecular flexibility index (Phi) is 2.15. The Bertz CT molecular complexity index is 299. The van der Waals surface area contributed by atoms with Crippen molar-refractivity contribution in [3.8, 4) is 0 Å². The predicted molar refractivity (Wildman–Crippen MR) is 46.5 cm³/mol. The van der Waals surface area contributed by atoms with E-state index >= 15 is 0 Å². The van der Waals surface area contributed by atoms with Crippen LogP contribution in [-0.4, -0.2) is 42.8 Å². The molecule has 0 aromatic heterocycles. The molecule has 14 heavy (non-hydrogen) atoms. The van der Waals surface area contributed by atoms with Crippen molar-refractivity contribution >= 4 is 12.1 Å². The quantitative estimate of drug-likeness (QED) is 0.448. The number of hydrogen-bond donors (Lipinski definition) is 0. The molecule has 2 rings (SSSR count). The molecule has 0 bridgehead atoms. The topological polar surface area (TPSA) is 55.8 Å². The lowest BCUT2D eigenvalue weighted by atomic mass is 10.0. The van der Waals surface area contributed by atoms with Crippen LogP contribution in [0.2, 0.25) is 0 Å². The van der Waals surface area contributed by atoms with Crippen molar-refractivity contribution < 1.29 is 19.1 Å². The fourth-order valence-corrected chi connectivity index (χ4v) is 1.78. The van der Waals surface area contributed by atoms with Crippen molar-refractivity contribution in [3.63, 3.8) is 0 Å². The first-order valence-electron chi connectivity index (χ1n) is 4.43. The second-order valence-electron chi connectivity index (χ2n) is 3.25. The molecule has 0 unspecified atom stereocenters. The first-order valence-corrected chi connectivity index (χ1v) is 4.43. The van der Waals surface area contributed by atoms with Gasteiger partial charge in [0.1, 0.15) is 12.6 Å². The number of cyclic esters (lactones) is 1. The molecule has 2 aliphatic heterocycles. The van der Waals surface area contributed by atoms with Crippen molar-refractivity contribution in [2.24, 2.45) is 0 Å². The largest absolute Gasteiger partial charge is 0.467 e. The Morgan fingerprint density at radius 3 is 3.21 bits per heavy atom. The van der Waals surface area contributed by atoms with Gasteiger partial charge in [-0.15, -0.1) is 0 Å². The van der Waals surface area contributed by atoms with Crippen LogP contribution in [-0.2, 0) is 14.3 Å². The van der Waals surface area contributed by atoms with E-state index in [0.717, 1.165) is 0 Å². The zero-order valence-corrected chi connectivity index (χ0v) is 7.80. The highest BCUT2D eigenvalue weighted by atomic mass is 16.6. The van der Waals surface area contributed by atoms with Gasteiger partial charge in [0.25, 0.3) is 0 Å². The highest BCUT2D eigenvalue weighted by Crippen LogP contribution is 2.24. The number of methoxy groups -OCH3 is 1. The molecule has 5 nitrogen and oxygen atoms in total. The Morgan fingerprint density at radius 2 is 2.50 bits per heavy atom. The summed E-state index contributed by atoms with van der Waals surface area (Å²) in [4.78, 5) is 24.1. The van der Waals surface area contributed by atoms with Crippen LogP contribution >= 0.6 is 0 Å². The van der Waals surface area contributed by atoms with Crippen molar-refractivity contribution in [1.29, 1.82) is 0 Å². The molecule has 76 valence electrons. The van der Waals surface area contributed by atoms with Crippen molar-refractivity contribution in [2.45, 2.75) is 18.5 Å². The summed E-state index contributed by atoms with van der Waals surface area (Å²) in [6, 6.07) is -0.634. The number of ether oxygens (including phenoxy) is 2. The average Bonchev–Trinajstić information content (AvgIpc) is 2.59. The summed E-state index contributed by atoms with van der Waals surface area (Å²) < 4.78 is 9.48. The lowest BCUT2D eigenvalue weighted by Crippen LogP contribution is -2.48. The summed E-state index contributed by atoms with van der Waals surface area (Å²) in [7, 11) is 1.32. The number of nitrogens with zero attached hydrogens (tertiary/aromatic N) is 1. The van der Waals surface area contributed by atoms with E-state index in [1.165, 1.54) is 12.0 Å². The Balaban J connectivity index is 2.22. The molecule has 0 radical (unpaired) electrons. The van der Waals surface area contributed by atoms with E-state index in [0.29, 0.717) is 13.0 Å². The fourth-order valence-electron chi connectivity index (χ4n) is 1.78. The van der Waals surface area contributed by atoms with Crippen LogP contribution in [0.4, 0.5) is 4.79 Å². The summed E-state index contributed by atoms with van der Waals surface area (Å²) in [5.74, 6) is -0.391. The second kappa shape index (κ2) is 3.32. The SMILES string of the molecule is COC(=O)[C@@H]1CC=C[C@H]2COC(=O)N21. The van der Waals surface area contributed by atoms with E-state index in [4.69, 9.17) is 4.74 Å². The maximum absolute atomic E-state index is 11.3. The molecule has 0 N–H and O–H groups in total. The fraction of sp³-hybridized carbons (Fsp3) is 0.556. The molecule has 1 amide bonds. The highest BCUT2D eigenvalue weighted by Gasteiger charge is 2.42. The monoisotopic (exact) mass is 197 g/mol. The Morgan fingerprint density at radius 1 is 1.71 bits per heavy atom. The van der Waals surface area contributed by atoms with Crippen LogP contribution in [0.5, 0.6) is 0 Å². The van der Waals surface area contributed by atoms with Crippen molar-refractivity contribution in [2.75, 3.05) is 13.7 Å². The summed E-state index contributed by atoms with van der Waals surface area (Å²) in [5, 5.41) is 0. The number of rotatable bonds is 1. The van der Waals surface area contributed by atoms with Gasteiger partial charge in [0.05, 0.1) is 13.2 Å². The van der Waals surface area contributed by atoms with Gasteiger partial charge in [0, 0.05) is 0 Å². The molecule has 5 heteroatoms. The summed E-state index contributed by atoms with van der Waals surface area (Å²) in [5.41, 5.74) is 0. The smallest absolute Gasteiger partial charge is 0.411 e. The van der Waals surface area contributed by atoms with E-state index in [2.05, 4.69) is 4.74 Å². The molecule has 0 aliphatic carbocycles. The third kappa shape index (κ3) is 1.25. The maximum Gasteiger partial charge on any atom is 0.411 e. The molecule has 0 spiro atoms. The van der Waals surface area contributed by atoms with Gasteiger partial charge in [-0.2, -0.15) is 0 Å². The molecule has 2 aliphatic rings. The molecule has 0 saturated carbocycles. The van der Waals surface area contributed by atoms with Gasteiger partial charge >= 0.3 is 12.1 Å². The van der Waals surface area contributed by atoms with Crippen LogP contribution < -0.4 is 0 Å². The standard InChI is InChI=1S/C9H11NO4/c1-13-8(11)7-4-2-3-6-5-14-9(12)10(6)7/h2-3,6-7H,4-5H2,1H3/t6-,7-/m0/s1. The van der Waals surface area contributed by atoms with Crippen LogP contribution in [0.1, 0.15) is 6.42 Å². The van der Waals surface area contributed by atoms with Crippen molar-refractivity contribution in [1.82, 2.24) is 4.90 Å². The van der Waals surface area contributed by atoms with Crippen LogP contribution in [0.25, 0.3) is 0 Å². The van der Waals surface area contributed by atoms with E-state index in [1.807, 2.05) is 12.2 Å². The average molecular weight is 197 g/mol. The van der Waals surface area contributed by atoms with Gasteiger partial charge in [0.15, 0.2) is 0 Å². The third-order valence-corrected chi connectivity index (χ3v) is 2.47. The van der Waals surface area contributed by atoms with Crippen molar-refractivity contribution in [3.05, 3.63) is 12.2 Å². The van der Waals surface area contributed by atoms with Gasteiger partial charge in [-0.25, -0.2) is 9.59 Å². The first kappa shape index (κ1) is 9.05. The van der Waals surface area contributed by atoms with Gasteiger partial charge in [0.2, 0.25) is 0 Å². The van der Waals surface area contributed by atoms with E-state index in [-0.39, 0.29) is 6.04 Å². The summed E-state index contributed by atoms with van der Waals surface area (Å²) >= 11 is 0. The van der Waals surface area contributed by atoms with E-state index in [9.17, 15) is 9.59 Å². The maximum atomic E-state index is 11.3. The molecule has 0 aromatic carbocycles. The van der Waals surface area contributed by atoms with Crippen LogP contribution in [0.3, 0.4) is 0 Å².